The molecule has 0 spiro atoms. The van der Waals surface area contributed by atoms with Gasteiger partial charge in [-0.3, -0.25) is 18.9 Å². The highest BCUT2D eigenvalue weighted by Gasteiger charge is 2.46. The summed E-state index contributed by atoms with van der Waals surface area (Å²) in [4.78, 5) is 51.3. The zero-order chi connectivity index (χ0) is 22.9. The fraction of sp³-hybridized carbons (Fsp3) is 0.667. The second-order valence-corrected chi connectivity index (χ2v) is 11.1. The first-order valence-electron chi connectivity index (χ1n) is 7.93. The molecular formula is C12H23N2O14P3. The van der Waals surface area contributed by atoms with Crippen LogP contribution >= 0.6 is 23.2 Å². The molecule has 1 saturated heterocycles. The minimum Gasteiger partial charge on any atom is -0.396 e. The summed E-state index contributed by atoms with van der Waals surface area (Å²) < 4.78 is 53.1. The lowest BCUT2D eigenvalue weighted by Gasteiger charge is -2.21. The van der Waals surface area contributed by atoms with Crippen molar-refractivity contribution in [1.29, 1.82) is 0 Å². The highest BCUT2D eigenvalue weighted by Crippen LogP contribution is 2.66. The van der Waals surface area contributed by atoms with Crippen molar-refractivity contribution in [3.8, 4) is 0 Å². The third kappa shape index (κ3) is 7.82. The summed E-state index contributed by atoms with van der Waals surface area (Å²) in [5.41, 5.74) is -1.61. The van der Waals surface area contributed by atoms with Crippen LogP contribution in [0.15, 0.2) is 21.9 Å². The molecule has 2 rings (SSSR count). The number of aromatic amines is 1. The van der Waals surface area contributed by atoms with Gasteiger partial charge in [0.05, 0.1) is 19.3 Å². The van der Waals surface area contributed by atoms with E-state index in [9.17, 15) is 38.4 Å². The smallest absolute Gasteiger partial charge is 0.396 e. The van der Waals surface area contributed by atoms with E-state index in [1.54, 1.807) is 0 Å². The second-order valence-electron chi connectivity index (χ2n) is 6.11. The molecular weight excluding hydrogens is 489 g/mol. The Kier molecular flexibility index (Phi) is 9.32. The highest BCUT2D eigenvalue weighted by atomic mass is 31.3. The van der Waals surface area contributed by atoms with Gasteiger partial charge in [-0.25, -0.2) is 18.2 Å². The van der Waals surface area contributed by atoms with Gasteiger partial charge in [-0.15, -0.1) is 0 Å². The van der Waals surface area contributed by atoms with Crippen LogP contribution in [0, 0.1) is 5.92 Å². The number of phosphoric acid groups is 2. The molecule has 1 fully saturated rings. The van der Waals surface area contributed by atoms with Crippen LogP contribution in [0.3, 0.4) is 0 Å². The van der Waals surface area contributed by atoms with Crippen LogP contribution in [0.25, 0.3) is 0 Å². The molecule has 0 aliphatic carbocycles. The molecule has 1 aliphatic rings. The van der Waals surface area contributed by atoms with Crippen LogP contribution in [0.4, 0.5) is 0 Å². The van der Waals surface area contributed by atoms with Crippen LogP contribution in [0.5, 0.6) is 0 Å². The maximum Gasteiger partial charge on any atom is 0.488 e. The standard InChI is InChI=1S/C11H19N2O14P3.CH4/c1-28(18,26-30(22,23)27-29(19,20)21)24-5-7-6(4-14)9(16)10(25-7)13-3-2-8(15)12-11(13)17;/h2-3,6-7,9-10,14,16H,4-5H2,1H3,(H,22,23)(H,12,15,17)(H2,19,20,21);1H4/t6-,7-,9-,10-,28?;/m1./s1. The Balaban J connectivity index is 0.00000480. The number of hydrogen-bond donors (Lipinski definition) is 6. The average molecular weight is 512 g/mol. The van der Waals surface area contributed by atoms with Gasteiger partial charge in [0.1, 0.15) is 6.10 Å². The van der Waals surface area contributed by atoms with E-state index >= 15 is 0 Å². The number of aromatic nitrogens is 2. The lowest BCUT2D eigenvalue weighted by molar-refractivity contribution is -0.0515. The minimum absolute atomic E-state index is 0. The predicted octanol–water partition coefficient (Wildman–Crippen LogP) is -0.895. The summed E-state index contributed by atoms with van der Waals surface area (Å²) in [6.07, 6.45) is -2.99. The molecule has 0 amide bonds. The summed E-state index contributed by atoms with van der Waals surface area (Å²) in [5.74, 6) is -1.07. The predicted molar refractivity (Wildman–Crippen MR) is 102 cm³/mol. The lowest BCUT2D eigenvalue weighted by Crippen LogP contribution is -2.36. The molecule has 19 heteroatoms. The van der Waals surface area contributed by atoms with Gasteiger partial charge < -0.3 is 34.2 Å². The molecule has 2 unspecified atom stereocenters. The molecule has 1 aromatic heterocycles. The molecule has 2 heterocycles. The first-order valence-corrected chi connectivity index (χ1v) is 12.9. The Hall–Kier alpha value is -0.990. The normalized spacial score (nSPS) is 27.8. The largest absolute Gasteiger partial charge is 0.488 e. The van der Waals surface area contributed by atoms with Gasteiger partial charge >= 0.3 is 28.9 Å². The summed E-state index contributed by atoms with van der Waals surface area (Å²) in [6.45, 7) is -0.665. The molecule has 0 aromatic carbocycles. The third-order valence-electron chi connectivity index (χ3n) is 3.79. The number of nitrogens with zero attached hydrogens (tertiary/aromatic N) is 1. The van der Waals surface area contributed by atoms with Gasteiger partial charge in [0.15, 0.2) is 6.23 Å². The van der Waals surface area contributed by atoms with Crippen molar-refractivity contribution in [3.63, 3.8) is 0 Å². The van der Waals surface area contributed by atoms with Crippen molar-refractivity contribution >= 4 is 23.2 Å². The topological polar surface area (TPSA) is 244 Å². The first-order chi connectivity index (χ1) is 13.6. The molecule has 180 valence electrons. The Morgan fingerprint density at radius 2 is 1.81 bits per heavy atom. The number of ether oxygens (including phenoxy) is 1. The minimum atomic E-state index is -5.47. The van der Waals surface area contributed by atoms with Crippen molar-refractivity contribution in [2.75, 3.05) is 19.9 Å². The van der Waals surface area contributed by atoms with Gasteiger partial charge in [-0.1, -0.05) is 7.43 Å². The number of H-pyrrole nitrogens is 1. The first kappa shape index (κ1) is 28.0. The Bertz CT molecular complexity index is 1020. The van der Waals surface area contributed by atoms with E-state index in [1.807, 2.05) is 4.98 Å². The van der Waals surface area contributed by atoms with Crippen LogP contribution in [0.2, 0.25) is 0 Å². The van der Waals surface area contributed by atoms with Crippen molar-refractivity contribution in [2.24, 2.45) is 5.92 Å². The molecule has 0 bridgehead atoms. The van der Waals surface area contributed by atoms with E-state index in [-0.39, 0.29) is 7.43 Å². The molecule has 1 aromatic rings. The van der Waals surface area contributed by atoms with E-state index < -0.39 is 72.1 Å². The third-order valence-corrected chi connectivity index (χ3v) is 8.10. The van der Waals surface area contributed by atoms with Crippen LogP contribution in [-0.4, -0.2) is 66.5 Å². The Morgan fingerprint density at radius 1 is 1.19 bits per heavy atom. The molecule has 31 heavy (non-hydrogen) atoms. The van der Waals surface area contributed by atoms with Crippen LogP contribution in [-0.2, 0) is 31.6 Å². The summed E-state index contributed by atoms with van der Waals surface area (Å²) in [7, 11) is -15.4. The maximum atomic E-state index is 12.2. The summed E-state index contributed by atoms with van der Waals surface area (Å²) >= 11 is 0. The number of nitrogens with one attached hydrogen (secondary N) is 1. The zero-order valence-electron chi connectivity index (χ0n) is 15.1. The molecule has 0 saturated carbocycles. The number of aliphatic hydroxyl groups is 2. The fourth-order valence-electron chi connectivity index (χ4n) is 2.61. The van der Waals surface area contributed by atoms with Gasteiger partial charge in [0.2, 0.25) is 0 Å². The molecule has 16 nitrogen and oxygen atoms in total. The second kappa shape index (κ2) is 10.3. The van der Waals surface area contributed by atoms with Gasteiger partial charge in [-0.2, -0.15) is 4.31 Å². The summed E-state index contributed by atoms with van der Waals surface area (Å²) in [6, 6.07) is 0.989. The Labute approximate surface area is 174 Å². The molecule has 6 atom stereocenters. The quantitative estimate of drug-likeness (QED) is 0.220. The Morgan fingerprint density at radius 3 is 2.32 bits per heavy atom. The molecule has 6 N–H and O–H groups in total. The van der Waals surface area contributed by atoms with E-state index in [1.165, 1.54) is 0 Å². The van der Waals surface area contributed by atoms with Crippen molar-refractivity contribution in [1.82, 2.24) is 9.55 Å². The fourth-order valence-corrected chi connectivity index (χ4v) is 6.18. The highest BCUT2D eigenvalue weighted by molar-refractivity contribution is 7.68. The number of aliphatic hydroxyl groups excluding tert-OH is 2. The van der Waals surface area contributed by atoms with Crippen molar-refractivity contribution in [3.05, 3.63) is 33.1 Å². The summed E-state index contributed by atoms with van der Waals surface area (Å²) in [5, 5.41) is 19.8. The maximum absolute atomic E-state index is 12.2. The van der Waals surface area contributed by atoms with E-state index in [4.69, 9.17) is 19.0 Å². The van der Waals surface area contributed by atoms with E-state index in [0.29, 0.717) is 6.66 Å². The van der Waals surface area contributed by atoms with E-state index in [0.717, 1.165) is 16.8 Å². The van der Waals surface area contributed by atoms with Crippen molar-refractivity contribution in [2.45, 2.75) is 25.9 Å². The van der Waals surface area contributed by atoms with Crippen LogP contribution in [0.1, 0.15) is 13.7 Å². The monoisotopic (exact) mass is 512 g/mol. The van der Waals surface area contributed by atoms with Gasteiger partial charge in [0, 0.05) is 24.8 Å². The molecule has 1 aliphatic heterocycles. The van der Waals surface area contributed by atoms with Crippen LogP contribution < -0.4 is 11.2 Å². The number of hydrogen-bond acceptors (Lipinski definition) is 11. The zero-order valence-corrected chi connectivity index (χ0v) is 17.8. The number of rotatable bonds is 9. The van der Waals surface area contributed by atoms with E-state index in [2.05, 4.69) is 8.62 Å². The SMILES string of the molecule is C.CP(=O)(OC[C@H]1O[C@@H](n2ccc(=O)[nH]c2=O)[C@H](O)[C@@H]1CO)OP(=O)(O)OP(=O)(O)O. The van der Waals surface area contributed by atoms with Gasteiger partial charge in [0.25, 0.3) is 5.56 Å². The lowest BCUT2D eigenvalue weighted by atomic mass is 9.99. The van der Waals surface area contributed by atoms with Crippen molar-refractivity contribution < 1.29 is 56.5 Å². The van der Waals surface area contributed by atoms with Gasteiger partial charge in [-0.05, 0) is 0 Å². The molecule has 0 radical (unpaired) electrons. The average Bonchev–Trinajstić information content (AvgIpc) is 2.85.